The highest BCUT2D eigenvalue weighted by Gasteiger charge is 2.45. The summed E-state index contributed by atoms with van der Waals surface area (Å²) in [5.41, 5.74) is 2.92. The van der Waals surface area contributed by atoms with E-state index in [0.717, 1.165) is 28.2 Å². The number of carbonyl (C=O) groups excluding carboxylic acids is 1. The Hall–Kier alpha value is -5.78. The zero-order valence-electron chi connectivity index (χ0n) is 35.8. The van der Waals surface area contributed by atoms with Crippen LogP contribution < -0.4 is 14.8 Å². The molecule has 7 rings (SSSR count). The van der Waals surface area contributed by atoms with Crippen molar-refractivity contribution in [3.63, 3.8) is 0 Å². The zero-order valence-corrected chi connectivity index (χ0v) is 36.6. The molecule has 0 spiro atoms. The minimum absolute atomic E-state index is 0.0705. The van der Waals surface area contributed by atoms with E-state index in [1.54, 1.807) is 44.8 Å². The summed E-state index contributed by atoms with van der Waals surface area (Å²) < 4.78 is 42.8. The maximum absolute atomic E-state index is 13.2. The van der Waals surface area contributed by atoms with Gasteiger partial charge in [0.2, 0.25) is 0 Å². The van der Waals surface area contributed by atoms with Crippen LogP contribution in [-0.4, -0.2) is 81.8 Å². The Morgan fingerprint density at radius 3 is 2.05 bits per heavy atom. The highest BCUT2D eigenvalue weighted by atomic mass is 31.2. The van der Waals surface area contributed by atoms with Crippen molar-refractivity contribution in [3.05, 3.63) is 144 Å². The van der Waals surface area contributed by atoms with Crippen molar-refractivity contribution in [2.45, 2.75) is 76.7 Å². The lowest BCUT2D eigenvalue weighted by molar-refractivity contribution is -0.0839. The van der Waals surface area contributed by atoms with E-state index >= 15 is 0 Å². The lowest BCUT2D eigenvalue weighted by Crippen LogP contribution is -2.36. The lowest BCUT2D eigenvalue weighted by atomic mass is 9.80. The number of aromatic nitrogens is 4. The number of carbonyl (C=O) groups is 1. The van der Waals surface area contributed by atoms with Gasteiger partial charge in [0.15, 0.2) is 23.2 Å². The standard InChI is InChI=1S/C47H52N7O7P/c1-32(2)54(33(3)4)62(59-27-13-26-48)61-41-28-40(60-46(41)53-31-51-42-43(49-30-50-44(42)53)52-45(55)34-14-9-7-10-15-34)29-58-47(35-16-11-8-12-17-35,36-18-22-38(56-5)23-19-36)37-20-24-39(57-6)25-21-37/h7-12,14-25,30-33,40-41,46H,13,27-29H2,1-6H3,(H,49,50,52,55). The third-order valence-electron chi connectivity index (χ3n) is 10.6. The average Bonchev–Trinajstić information content (AvgIpc) is 3.91. The smallest absolute Gasteiger partial charge is 0.259 e. The highest BCUT2D eigenvalue weighted by Crippen LogP contribution is 2.51. The normalized spacial score (nSPS) is 17.1. The second kappa shape index (κ2) is 20.4. The van der Waals surface area contributed by atoms with Crippen LogP contribution in [0.4, 0.5) is 5.82 Å². The first-order chi connectivity index (χ1) is 30.2. The predicted molar refractivity (Wildman–Crippen MR) is 237 cm³/mol. The first kappa shape index (κ1) is 44.3. The number of hydrogen-bond donors (Lipinski definition) is 1. The molecule has 6 aromatic rings. The molecule has 3 heterocycles. The van der Waals surface area contributed by atoms with Crippen molar-refractivity contribution < 1.29 is 32.8 Å². The minimum Gasteiger partial charge on any atom is -0.497 e. The monoisotopic (exact) mass is 857 g/mol. The quantitative estimate of drug-likeness (QED) is 0.0469. The Kier molecular flexibility index (Phi) is 14.6. The van der Waals surface area contributed by atoms with Crippen molar-refractivity contribution >= 4 is 31.4 Å². The van der Waals surface area contributed by atoms with Crippen LogP contribution in [-0.2, 0) is 24.1 Å². The van der Waals surface area contributed by atoms with Crippen molar-refractivity contribution in [1.29, 1.82) is 5.26 Å². The maximum atomic E-state index is 13.2. The number of anilines is 1. The third kappa shape index (κ3) is 9.64. The molecule has 1 amide bonds. The molecule has 4 unspecified atom stereocenters. The fourth-order valence-corrected chi connectivity index (χ4v) is 9.49. The molecule has 1 fully saturated rings. The predicted octanol–water partition coefficient (Wildman–Crippen LogP) is 9.05. The van der Waals surface area contributed by atoms with Crippen molar-refractivity contribution in [1.82, 2.24) is 24.2 Å². The molecule has 2 aromatic heterocycles. The van der Waals surface area contributed by atoms with Crippen LogP contribution in [0.3, 0.4) is 0 Å². The SMILES string of the molecule is COc1ccc(C(OCC2CC(OP(OCCC#N)N(C(C)C)C(C)C)C(n3cnc4c(NC(=O)c5ccccc5)ncnc43)O2)(c2ccccc2)c2ccc(OC)cc2)cc1. The second-order valence-corrected chi connectivity index (χ2v) is 16.7. The Labute approximate surface area is 363 Å². The number of rotatable bonds is 19. The summed E-state index contributed by atoms with van der Waals surface area (Å²) in [6.07, 6.45) is 1.82. The molecule has 14 nitrogen and oxygen atoms in total. The largest absolute Gasteiger partial charge is 0.497 e. The van der Waals surface area contributed by atoms with E-state index in [1.807, 2.05) is 77.4 Å². The highest BCUT2D eigenvalue weighted by molar-refractivity contribution is 7.44. The van der Waals surface area contributed by atoms with Crippen molar-refractivity contribution in [2.24, 2.45) is 0 Å². The maximum Gasteiger partial charge on any atom is 0.259 e. The summed E-state index contributed by atoms with van der Waals surface area (Å²) in [5, 5.41) is 12.3. The Bertz CT molecular complexity index is 2360. The molecule has 0 bridgehead atoms. The number of fused-ring (bicyclic) bond motifs is 1. The van der Waals surface area contributed by atoms with Gasteiger partial charge in [0.1, 0.15) is 29.5 Å². The lowest BCUT2D eigenvalue weighted by Gasteiger charge is -2.37. The molecule has 4 atom stereocenters. The average molecular weight is 858 g/mol. The molecule has 1 saturated heterocycles. The molecule has 15 heteroatoms. The van der Waals surface area contributed by atoms with Gasteiger partial charge in [0.25, 0.3) is 14.4 Å². The Balaban J connectivity index is 1.27. The molecule has 1 aliphatic rings. The van der Waals surface area contributed by atoms with Gasteiger partial charge < -0.3 is 33.3 Å². The van der Waals surface area contributed by atoms with E-state index in [-0.39, 0.29) is 43.4 Å². The summed E-state index contributed by atoms with van der Waals surface area (Å²) in [7, 11) is 1.62. The zero-order chi connectivity index (χ0) is 43.6. The van der Waals surface area contributed by atoms with Gasteiger partial charge in [0, 0.05) is 24.1 Å². The van der Waals surface area contributed by atoms with Crippen molar-refractivity contribution in [2.75, 3.05) is 32.8 Å². The number of methoxy groups -OCH3 is 2. The Morgan fingerprint density at radius 1 is 0.871 bits per heavy atom. The van der Waals surface area contributed by atoms with Crippen LogP contribution in [0.25, 0.3) is 11.2 Å². The van der Waals surface area contributed by atoms with E-state index < -0.39 is 32.6 Å². The second-order valence-electron chi connectivity index (χ2n) is 15.3. The molecular formula is C47H52N7O7P. The van der Waals surface area contributed by atoms with Crippen molar-refractivity contribution in [3.8, 4) is 17.6 Å². The first-order valence-corrected chi connectivity index (χ1v) is 21.7. The molecule has 4 aromatic carbocycles. The van der Waals surface area contributed by atoms with E-state index in [2.05, 4.69) is 65.9 Å². The van der Waals surface area contributed by atoms with Gasteiger partial charge in [-0.15, -0.1) is 0 Å². The number of hydrogen-bond acceptors (Lipinski definition) is 12. The van der Waals surface area contributed by atoms with Crippen LogP contribution in [0.1, 0.15) is 73.8 Å². The molecular weight excluding hydrogens is 806 g/mol. The number of amides is 1. The molecule has 0 aliphatic carbocycles. The number of nitrogens with zero attached hydrogens (tertiary/aromatic N) is 6. The molecule has 0 radical (unpaired) electrons. The molecule has 62 heavy (non-hydrogen) atoms. The van der Waals surface area contributed by atoms with Gasteiger partial charge in [-0.05, 0) is 80.8 Å². The van der Waals surface area contributed by atoms with E-state index in [0.29, 0.717) is 23.1 Å². The fourth-order valence-electron chi connectivity index (χ4n) is 7.76. The summed E-state index contributed by atoms with van der Waals surface area (Å²) in [4.78, 5) is 26.9. The summed E-state index contributed by atoms with van der Waals surface area (Å²) >= 11 is 0. The molecule has 1 N–H and O–H groups in total. The van der Waals surface area contributed by atoms with Crippen LogP contribution in [0.15, 0.2) is 122 Å². The third-order valence-corrected chi connectivity index (χ3v) is 12.7. The molecule has 1 aliphatic heterocycles. The number of benzene rings is 4. The molecule has 322 valence electrons. The van der Waals surface area contributed by atoms with Crippen LogP contribution >= 0.6 is 8.53 Å². The van der Waals surface area contributed by atoms with Gasteiger partial charge >= 0.3 is 0 Å². The number of ether oxygens (including phenoxy) is 4. The molecule has 0 saturated carbocycles. The Morgan fingerprint density at radius 2 is 1.47 bits per heavy atom. The number of nitriles is 1. The van der Waals surface area contributed by atoms with Crippen LogP contribution in [0.5, 0.6) is 11.5 Å². The van der Waals surface area contributed by atoms with Gasteiger partial charge in [-0.25, -0.2) is 19.6 Å². The van der Waals surface area contributed by atoms with Gasteiger partial charge in [-0.1, -0.05) is 72.8 Å². The van der Waals surface area contributed by atoms with Gasteiger partial charge in [0.05, 0.1) is 52.4 Å². The summed E-state index contributed by atoms with van der Waals surface area (Å²) in [6.45, 7) is 8.74. The first-order valence-electron chi connectivity index (χ1n) is 20.6. The minimum atomic E-state index is -1.67. The summed E-state index contributed by atoms with van der Waals surface area (Å²) in [6, 6.07) is 37.1. The summed E-state index contributed by atoms with van der Waals surface area (Å²) in [5.74, 6) is 1.38. The fraction of sp³-hybridized carbons (Fsp3) is 0.340. The van der Waals surface area contributed by atoms with Crippen LogP contribution in [0.2, 0.25) is 0 Å². The van der Waals surface area contributed by atoms with E-state index in [1.165, 1.54) is 6.33 Å². The van der Waals surface area contributed by atoms with Gasteiger partial charge in [-0.3, -0.25) is 9.36 Å². The number of nitrogens with one attached hydrogen (secondary N) is 1. The van der Waals surface area contributed by atoms with Gasteiger partial charge in [-0.2, -0.15) is 5.26 Å². The van der Waals surface area contributed by atoms with E-state index in [9.17, 15) is 10.1 Å². The topological polar surface area (TPSA) is 155 Å². The number of imidazole rings is 1. The van der Waals surface area contributed by atoms with E-state index in [4.69, 9.17) is 33.0 Å². The van der Waals surface area contributed by atoms with Crippen LogP contribution in [0, 0.1) is 11.3 Å².